The third kappa shape index (κ3) is 2.83. The van der Waals surface area contributed by atoms with Crippen LogP contribution in [0.5, 0.6) is 0 Å². The van der Waals surface area contributed by atoms with E-state index < -0.39 is 12.1 Å². The maximum absolute atomic E-state index is 13.9. The molecule has 124 valence electrons. The largest absolute Gasteiger partial charge is 0.332 e. The van der Waals surface area contributed by atoms with E-state index in [0.717, 1.165) is 5.56 Å². The standard InChI is InChI=1S/C17H22FN3O2/c1-11-4-5-14(18)13(8-11)9-20-6-7-21-15(10-20)17(23)19(3)12(2)16(21)22/h4-5,8,12,15H,6-7,9-10H2,1-3H3/t12-,15+/m0/s1. The second kappa shape index (κ2) is 5.92. The highest BCUT2D eigenvalue weighted by atomic mass is 19.1. The molecule has 2 saturated heterocycles. The molecule has 2 aliphatic rings. The Morgan fingerprint density at radius 2 is 1.96 bits per heavy atom. The summed E-state index contributed by atoms with van der Waals surface area (Å²) in [4.78, 5) is 30.0. The summed E-state index contributed by atoms with van der Waals surface area (Å²) < 4.78 is 13.9. The van der Waals surface area contributed by atoms with Gasteiger partial charge in [0.15, 0.2) is 0 Å². The summed E-state index contributed by atoms with van der Waals surface area (Å²) in [6, 6.07) is 4.20. The van der Waals surface area contributed by atoms with Crippen LogP contribution in [0.2, 0.25) is 0 Å². The number of rotatable bonds is 2. The first kappa shape index (κ1) is 15.9. The lowest BCUT2D eigenvalue weighted by Crippen LogP contribution is -2.68. The van der Waals surface area contributed by atoms with Crippen LogP contribution in [0, 0.1) is 12.7 Å². The van der Waals surface area contributed by atoms with Crippen LogP contribution in [0.15, 0.2) is 18.2 Å². The predicted molar refractivity (Wildman–Crippen MR) is 84.1 cm³/mol. The van der Waals surface area contributed by atoms with Gasteiger partial charge in [0.2, 0.25) is 11.8 Å². The molecule has 2 fully saturated rings. The third-order valence-corrected chi connectivity index (χ3v) is 4.91. The lowest BCUT2D eigenvalue weighted by Gasteiger charge is -2.47. The first-order chi connectivity index (χ1) is 10.9. The number of aryl methyl sites for hydroxylation is 1. The van der Waals surface area contributed by atoms with Crippen molar-refractivity contribution in [2.75, 3.05) is 26.7 Å². The second-order valence-corrected chi connectivity index (χ2v) is 6.50. The van der Waals surface area contributed by atoms with E-state index in [9.17, 15) is 14.0 Å². The Bertz CT molecular complexity index is 649. The van der Waals surface area contributed by atoms with Crippen molar-refractivity contribution in [2.24, 2.45) is 0 Å². The van der Waals surface area contributed by atoms with E-state index in [4.69, 9.17) is 0 Å². The van der Waals surface area contributed by atoms with Gasteiger partial charge in [0.1, 0.15) is 17.9 Å². The molecule has 2 aliphatic heterocycles. The first-order valence-electron chi connectivity index (χ1n) is 7.93. The molecule has 1 aromatic rings. The van der Waals surface area contributed by atoms with Gasteiger partial charge in [0, 0.05) is 38.8 Å². The molecule has 0 aliphatic carbocycles. The van der Waals surface area contributed by atoms with Crippen molar-refractivity contribution >= 4 is 11.8 Å². The zero-order chi connectivity index (χ0) is 16.7. The minimum Gasteiger partial charge on any atom is -0.332 e. The fourth-order valence-corrected chi connectivity index (χ4v) is 3.36. The van der Waals surface area contributed by atoms with Gasteiger partial charge in [-0.1, -0.05) is 17.7 Å². The van der Waals surface area contributed by atoms with Gasteiger partial charge in [0.25, 0.3) is 0 Å². The number of hydrogen-bond donors (Lipinski definition) is 0. The van der Waals surface area contributed by atoms with E-state index in [0.29, 0.717) is 31.7 Å². The van der Waals surface area contributed by atoms with Crippen molar-refractivity contribution in [3.8, 4) is 0 Å². The van der Waals surface area contributed by atoms with Crippen molar-refractivity contribution in [3.63, 3.8) is 0 Å². The van der Waals surface area contributed by atoms with Crippen LogP contribution in [0.1, 0.15) is 18.1 Å². The number of hydrogen-bond acceptors (Lipinski definition) is 3. The number of fused-ring (bicyclic) bond motifs is 1. The molecule has 0 bridgehead atoms. The van der Waals surface area contributed by atoms with Gasteiger partial charge < -0.3 is 9.80 Å². The van der Waals surface area contributed by atoms with Gasteiger partial charge in [-0.2, -0.15) is 0 Å². The molecule has 2 amide bonds. The van der Waals surface area contributed by atoms with Crippen molar-refractivity contribution in [1.29, 1.82) is 0 Å². The number of nitrogens with zero attached hydrogens (tertiary/aromatic N) is 3. The number of amides is 2. The van der Waals surface area contributed by atoms with E-state index in [1.165, 1.54) is 11.0 Å². The van der Waals surface area contributed by atoms with Crippen LogP contribution in [0.4, 0.5) is 4.39 Å². The van der Waals surface area contributed by atoms with Crippen LogP contribution >= 0.6 is 0 Å². The summed E-state index contributed by atoms with van der Waals surface area (Å²) in [6.07, 6.45) is 0. The number of piperazine rings is 2. The van der Waals surface area contributed by atoms with E-state index in [2.05, 4.69) is 0 Å². The van der Waals surface area contributed by atoms with Gasteiger partial charge in [-0.15, -0.1) is 0 Å². The molecular formula is C17H22FN3O2. The van der Waals surface area contributed by atoms with Crippen LogP contribution in [-0.4, -0.2) is 65.3 Å². The maximum Gasteiger partial charge on any atom is 0.247 e. The van der Waals surface area contributed by atoms with E-state index in [1.54, 1.807) is 24.9 Å². The molecule has 0 unspecified atom stereocenters. The van der Waals surface area contributed by atoms with Gasteiger partial charge >= 0.3 is 0 Å². The molecule has 3 rings (SSSR count). The zero-order valence-corrected chi connectivity index (χ0v) is 13.8. The second-order valence-electron chi connectivity index (χ2n) is 6.50. The molecule has 0 radical (unpaired) electrons. The highest BCUT2D eigenvalue weighted by Crippen LogP contribution is 2.22. The van der Waals surface area contributed by atoms with Gasteiger partial charge in [-0.25, -0.2) is 4.39 Å². The Morgan fingerprint density at radius 3 is 2.70 bits per heavy atom. The molecule has 6 heteroatoms. The summed E-state index contributed by atoms with van der Waals surface area (Å²) in [7, 11) is 1.67. The minimum atomic E-state index is -0.453. The number of carbonyl (C=O) groups is 2. The average molecular weight is 319 g/mol. The molecule has 0 saturated carbocycles. The Balaban J connectivity index is 1.75. The molecule has 23 heavy (non-hydrogen) atoms. The van der Waals surface area contributed by atoms with E-state index in [-0.39, 0.29) is 17.6 Å². The highest BCUT2D eigenvalue weighted by Gasteiger charge is 2.44. The zero-order valence-electron chi connectivity index (χ0n) is 13.8. The predicted octanol–water partition coefficient (Wildman–Crippen LogP) is 1.01. The number of benzene rings is 1. The van der Waals surface area contributed by atoms with Crippen LogP contribution in [0.3, 0.4) is 0 Å². The Morgan fingerprint density at radius 1 is 1.22 bits per heavy atom. The van der Waals surface area contributed by atoms with Crippen LogP contribution < -0.4 is 0 Å². The van der Waals surface area contributed by atoms with Crippen molar-refractivity contribution < 1.29 is 14.0 Å². The lowest BCUT2D eigenvalue weighted by atomic mass is 10.0. The maximum atomic E-state index is 13.9. The number of halogens is 1. The van der Waals surface area contributed by atoms with Gasteiger partial charge in [-0.05, 0) is 19.9 Å². The fraction of sp³-hybridized carbons (Fsp3) is 0.529. The molecule has 0 N–H and O–H groups in total. The summed E-state index contributed by atoms with van der Waals surface area (Å²) in [5.74, 6) is -0.264. The molecule has 0 aromatic heterocycles. The molecular weight excluding hydrogens is 297 g/mol. The van der Waals surface area contributed by atoms with Gasteiger partial charge in [-0.3, -0.25) is 14.5 Å². The highest BCUT2D eigenvalue weighted by molar-refractivity contribution is 5.96. The number of carbonyl (C=O) groups excluding carboxylic acids is 2. The Labute approximate surface area is 135 Å². The quantitative estimate of drug-likeness (QED) is 0.817. The van der Waals surface area contributed by atoms with Crippen LogP contribution in [0.25, 0.3) is 0 Å². The lowest BCUT2D eigenvalue weighted by molar-refractivity contribution is -0.163. The topological polar surface area (TPSA) is 43.9 Å². The van der Waals surface area contributed by atoms with Gasteiger partial charge in [0.05, 0.1) is 0 Å². The molecule has 2 atom stereocenters. The van der Waals surface area contributed by atoms with Crippen molar-refractivity contribution in [2.45, 2.75) is 32.5 Å². The smallest absolute Gasteiger partial charge is 0.247 e. The van der Waals surface area contributed by atoms with E-state index >= 15 is 0 Å². The molecule has 2 heterocycles. The summed E-state index contributed by atoms with van der Waals surface area (Å²) in [6.45, 7) is 5.76. The monoisotopic (exact) mass is 319 g/mol. The Kier molecular flexibility index (Phi) is 4.10. The molecule has 0 spiro atoms. The molecule has 1 aromatic carbocycles. The summed E-state index contributed by atoms with van der Waals surface area (Å²) in [5.41, 5.74) is 1.65. The SMILES string of the molecule is Cc1ccc(F)c(CN2CCN3C(=O)[C@H](C)N(C)C(=O)[C@H]3C2)c1. The first-order valence-corrected chi connectivity index (χ1v) is 7.93. The normalized spacial score (nSPS) is 25.7. The number of likely N-dealkylation sites (N-methyl/N-ethyl adjacent to an activating group) is 1. The van der Waals surface area contributed by atoms with Crippen molar-refractivity contribution in [1.82, 2.24) is 14.7 Å². The molecule has 5 nitrogen and oxygen atoms in total. The Hall–Kier alpha value is -1.95. The van der Waals surface area contributed by atoms with E-state index in [1.807, 2.05) is 17.9 Å². The third-order valence-electron chi connectivity index (χ3n) is 4.91. The average Bonchev–Trinajstić information content (AvgIpc) is 2.54. The van der Waals surface area contributed by atoms with Crippen LogP contribution in [-0.2, 0) is 16.1 Å². The summed E-state index contributed by atoms with van der Waals surface area (Å²) >= 11 is 0. The minimum absolute atomic E-state index is 0.00140. The van der Waals surface area contributed by atoms with Crippen molar-refractivity contribution in [3.05, 3.63) is 35.1 Å². The fourth-order valence-electron chi connectivity index (χ4n) is 3.36. The summed E-state index contributed by atoms with van der Waals surface area (Å²) in [5, 5.41) is 0.